The molecule has 0 aliphatic carbocycles. The first-order chi connectivity index (χ1) is 14.1. The van der Waals surface area contributed by atoms with Crippen molar-refractivity contribution in [1.82, 2.24) is 19.7 Å². The van der Waals surface area contributed by atoms with E-state index in [1.807, 2.05) is 0 Å². The van der Waals surface area contributed by atoms with Crippen molar-refractivity contribution >= 4 is 44.8 Å². The summed E-state index contributed by atoms with van der Waals surface area (Å²) in [6.45, 7) is -0.129. The molecular weight excluding hydrogens is 437 g/mol. The number of rotatable bonds is 8. The molecule has 0 saturated heterocycles. The third-order valence-electron chi connectivity index (χ3n) is 3.84. The highest BCUT2D eigenvalue weighted by atomic mass is 35.5. The summed E-state index contributed by atoms with van der Waals surface area (Å²) in [7, 11) is -3.47. The van der Waals surface area contributed by atoms with Gasteiger partial charge in [0.05, 0.1) is 23.0 Å². The highest BCUT2D eigenvalue weighted by Gasteiger charge is 2.13. The van der Waals surface area contributed by atoms with Crippen LogP contribution in [0.25, 0.3) is 0 Å². The summed E-state index contributed by atoms with van der Waals surface area (Å²) in [5.41, 5.74) is 5.76. The quantitative estimate of drug-likeness (QED) is 0.437. The summed E-state index contributed by atoms with van der Waals surface area (Å²) in [6.07, 6.45) is 5.39. The zero-order valence-corrected chi connectivity index (χ0v) is 17.2. The number of sulfone groups is 1. The van der Waals surface area contributed by atoms with Gasteiger partial charge in [-0.15, -0.1) is 0 Å². The topological polar surface area (TPSA) is 145 Å². The van der Waals surface area contributed by atoms with Crippen molar-refractivity contribution in [3.63, 3.8) is 0 Å². The Bertz CT molecular complexity index is 1200. The normalized spacial score (nSPS) is 11.3. The van der Waals surface area contributed by atoms with Gasteiger partial charge in [0, 0.05) is 24.6 Å². The van der Waals surface area contributed by atoms with Gasteiger partial charge in [-0.2, -0.15) is 10.1 Å². The molecule has 0 radical (unpaired) electrons. The first kappa shape index (κ1) is 21.5. The molecule has 158 valence electrons. The van der Waals surface area contributed by atoms with Gasteiger partial charge in [0.2, 0.25) is 11.9 Å². The lowest BCUT2D eigenvalue weighted by atomic mass is 10.2. The molecule has 0 unspecified atom stereocenters. The van der Waals surface area contributed by atoms with Crippen LogP contribution in [0.3, 0.4) is 0 Å². The Morgan fingerprint density at radius 3 is 2.80 bits per heavy atom. The van der Waals surface area contributed by atoms with Crippen molar-refractivity contribution in [2.45, 2.75) is 18.0 Å². The average Bonchev–Trinajstić information content (AvgIpc) is 3.08. The maximum Gasteiger partial charge on any atom is 0.239 e. The van der Waals surface area contributed by atoms with Crippen LogP contribution in [0.4, 0.5) is 21.8 Å². The van der Waals surface area contributed by atoms with Gasteiger partial charge in [0.15, 0.2) is 15.7 Å². The highest BCUT2D eigenvalue weighted by Crippen LogP contribution is 2.23. The monoisotopic (exact) mass is 453 g/mol. The standard InChI is InChI=1S/C17H17ClFN7O3S/c1-30(28,29)12-2-3-14(19)10(4-12)5-21-16-13(18)7-22-17(25-16)24-11-6-23-26(8-11)9-15(20)27/h2-4,6-8H,5,9H2,1H3,(H2,20,27)(H2,21,22,24,25). The molecule has 0 fully saturated rings. The van der Waals surface area contributed by atoms with Gasteiger partial charge in [-0.25, -0.2) is 17.8 Å². The van der Waals surface area contributed by atoms with Crippen molar-refractivity contribution in [1.29, 1.82) is 0 Å². The summed E-state index contributed by atoms with van der Waals surface area (Å²) >= 11 is 6.10. The van der Waals surface area contributed by atoms with E-state index in [4.69, 9.17) is 17.3 Å². The summed E-state index contributed by atoms with van der Waals surface area (Å²) in [6, 6.07) is 3.54. The minimum Gasteiger partial charge on any atom is -0.368 e. The maximum absolute atomic E-state index is 14.1. The number of nitrogens with zero attached hydrogens (tertiary/aromatic N) is 4. The van der Waals surface area contributed by atoms with Gasteiger partial charge in [0.25, 0.3) is 0 Å². The fraction of sp³-hybridized carbons (Fsp3) is 0.176. The number of nitrogens with one attached hydrogen (secondary N) is 2. The first-order valence-electron chi connectivity index (χ1n) is 8.44. The Morgan fingerprint density at radius 2 is 2.10 bits per heavy atom. The van der Waals surface area contributed by atoms with Gasteiger partial charge in [0.1, 0.15) is 17.4 Å². The third-order valence-corrected chi connectivity index (χ3v) is 5.23. The molecular formula is C17H17ClFN7O3S. The largest absolute Gasteiger partial charge is 0.368 e. The number of halogens is 2. The number of aromatic nitrogens is 4. The van der Waals surface area contributed by atoms with Crippen molar-refractivity contribution in [3.05, 3.63) is 53.2 Å². The van der Waals surface area contributed by atoms with E-state index in [0.717, 1.165) is 12.3 Å². The second kappa shape index (κ2) is 8.63. The van der Waals surface area contributed by atoms with Crippen LogP contribution in [-0.4, -0.2) is 40.3 Å². The lowest BCUT2D eigenvalue weighted by Gasteiger charge is -2.11. The van der Waals surface area contributed by atoms with Gasteiger partial charge >= 0.3 is 0 Å². The number of primary amides is 1. The Kier molecular flexibility index (Phi) is 6.17. The number of benzene rings is 1. The predicted octanol–water partition coefficient (Wildman–Crippen LogP) is 1.71. The number of carbonyl (C=O) groups is 1. The maximum atomic E-state index is 14.1. The third kappa shape index (κ3) is 5.42. The molecule has 30 heavy (non-hydrogen) atoms. The van der Waals surface area contributed by atoms with Crippen LogP contribution in [0.15, 0.2) is 41.7 Å². The molecule has 4 N–H and O–H groups in total. The van der Waals surface area contributed by atoms with Crippen molar-refractivity contribution in [2.75, 3.05) is 16.9 Å². The molecule has 2 heterocycles. The average molecular weight is 454 g/mol. The predicted molar refractivity (Wildman–Crippen MR) is 109 cm³/mol. The summed E-state index contributed by atoms with van der Waals surface area (Å²) in [5, 5.41) is 9.92. The minimum atomic E-state index is -3.47. The molecule has 0 bridgehead atoms. The Labute approximate surface area is 176 Å². The number of amides is 1. The Balaban J connectivity index is 1.75. The lowest BCUT2D eigenvalue weighted by molar-refractivity contribution is -0.118. The molecule has 0 aliphatic heterocycles. The van der Waals surface area contributed by atoms with E-state index >= 15 is 0 Å². The second-order valence-corrected chi connectivity index (χ2v) is 8.71. The van der Waals surface area contributed by atoms with Crippen LogP contribution >= 0.6 is 11.6 Å². The molecule has 1 aromatic carbocycles. The van der Waals surface area contributed by atoms with Crippen LogP contribution in [0.2, 0.25) is 5.02 Å². The van der Waals surface area contributed by atoms with Gasteiger partial charge in [-0.3, -0.25) is 9.48 Å². The number of hydrogen-bond acceptors (Lipinski definition) is 8. The summed E-state index contributed by atoms with van der Waals surface area (Å²) < 4.78 is 38.8. The molecule has 1 amide bonds. The molecule has 0 aliphatic rings. The number of carbonyl (C=O) groups excluding carboxylic acids is 1. The van der Waals surface area contributed by atoms with Crippen LogP contribution in [0.1, 0.15) is 5.56 Å². The van der Waals surface area contributed by atoms with E-state index in [9.17, 15) is 17.6 Å². The van der Waals surface area contributed by atoms with E-state index in [-0.39, 0.29) is 40.3 Å². The number of nitrogens with two attached hydrogens (primary N) is 1. The fourth-order valence-corrected chi connectivity index (χ4v) is 3.28. The van der Waals surface area contributed by atoms with Crippen LogP contribution in [0, 0.1) is 5.82 Å². The zero-order chi connectivity index (χ0) is 21.9. The van der Waals surface area contributed by atoms with Crippen molar-refractivity contribution in [2.24, 2.45) is 5.73 Å². The van der Waals surface area contributed by atoms with E-state index < -0.39 is 21.6 Å². The summed E-state index contributed by atoms with van der Waals surface area (Å²) in [5.74, 6) is -0.722. The highest BCUT2D eigenvalue weighted by molar-refractivity contribution is 7.90. The number of anilines is 3. The Hall–Kier alpha value is -3.25. The SMILES string of the molecule is CS(=O)(=O)c1ccc(F)c(CNc2nc(Nc3cnn(CC(N)=O)c3)ncc2Cl)c1. The van der Waals surface area contributed by atoms with E-state index in [1.165, 1.54) is 29.2 Å². The lowest BCUT2D eigenvalue weighted by Crippen LogP contribution is -2.18. The van der Waals surface area contributed by atoms with E-state index in [2.05, 4.69) is 25.7 Å². The fourth-order valence-electron chi connectivity index (χ4n) is 2.45. The molecule has 3 rings (SSSR count). The van der Waals surface area contributed by atoms with Gasteiger partial charge < -0.3 is 16.4 Å². The molecule has 0 saturated carbocycles. The molecule has 13 heteroatoms. The molecule has 3 aromatic rings. The molecule has 2 aromatic heterocycles. The number of hydrogen-bond donors (Lipinski definition) is 3. The van der Waals surface area contributed by atoms with E-state index in [0.29, 0.717) is 5.69 Å². The van der Waals surface area contributed by atoms with Crippen molar-refractivity contribution < 1.29 is 17.6 Å². The van der Waals surface area contributed by atoms with E-state index in [1.54, 1.807) is 6.20 Å². The second-order valence-electron chi connectivity index (χ2n) is 6.29. The molecule has 10 nitrogen and oxygen atoms in total. The first-order valence-corrected chi connectivity index (χ1v) is 10.7. The molecule has 0 spiro atoms. The van der Waals surface area contributed by atoms with Crippen LogP contribution < -0.4 is 16.4 Å². The summed E-state index contributed by atoms with van der Waals surface area (Å²) in [4.78, 5) is 19.2. The van der Waals surface area contributed by atoms with Crippen LogP contribution in [-0.2, 0) is 27.7 Å². The Morgan fingerprint density at radius 1 is 1.33 bits per heavy atom. The van der Waals surface area contributed by atoms with Gasteiger partial charge in [-0.1, -0.05) is 11.6 Å². The zero-order valence-electron chi connectivity index (χ0n) is 15.6. The van der Waals surface area contributed by atoms with Gasteiger partial charge in [-0.05, 0) is 18.2 Å². The smallest absolute Gasteiger partial charge is 0.239 e. The van der Waals surface area contributed by atoms with Crippen LogP contribution in [0.5, 0.6) is 0 Å². The van der Waals surface area contributed by atoms with Crippen molar-refractivity contribution in [3.8, 4) is 0 Å². The minimum absolute atomic E-state index is 0.00446. The molecule has 0 atom stereocenters.